The van der Waals surface area contributed by atoms with Crippen LogP contribution in [0.25, 0.3) is 10.8 Å². The molecular formula is C17H11Br3N2O2. The molecule has 0 fully saturated rings. The lowest BCUT2D eigenvalue weighted by Crippen LogP contribution is -2.19. The first-order chi connectivity index (χ1) is 11.5. The first-order valence-corrected chi connectivity index (χ1v) is 9.35. The Bertz CT molecular complexity index is 915. The first-order valence-electron chi connectivity index (χ1n) is 6.97. The van der Waals surface area contributed by atoms with Gasteiger partial charge in [-0.3, -0.25) is 4.79 Å². The molecule has 4 nitrogen and oxygen atoms in total. The molecule has 2 aromatic carbocycles. The summed E-state index contributed by atoms with van der Waals surface area (Å²) >= 11 is 10.1. The van der Waals surface area contributed by atoms with Crippen LogP contribution in [0.4, 0.5) is 0 Å². The summed E-state index contributed by atoms with van der Waals surface area (Å²) in [5.74, 6) is 0.339. The predicted molar refractivity (Wildman–Crippen MR) is 105 cm³/mol. The smallest absolute Gasteiger partial charge is 0.244 e. The third-order valence-electron chi connectivity index (χ3n) is 3.36. The van der Waals surface area contributed by atoms with Gasteiger partial charge in [0.2, 0.25) is 5.91 Å². The van der Waals surface area contributed by atoms with E-state index in [4.69, 9.17) is 4.42 Å². The quantitative estimate of drug-likeness (QED) is 0.374. The van der Waals surface area contributed by atoms with Crippen molar-refractivity contribution < 1.29 is 9.21 Å². The van der Waals surface area contributed by atoms with Crippen molar-refractivity contribution in [2.45, 2.75) is 6.42 Å². The third-order valence-corrected chi connectivity index (χ3v) is 5.76. The Morgan fingerprint density at radius 3 is 2.54 bits per heavy atom. The molecule has 0 aliphatic carbocycles. The van der Waals surface area contributed by atoms with E-state index in [0.29, 0.717) is 10.4 Å². The Hall–Kier alpha value is -1.44. The molecule has 0 aliphatic heterocycles. The van der Waals surface area contributed by atoms with Crippen LogP contribution in [0.3, 0.4) is 0 Å². The van der Waals surface area contributed by atoms with Gasteiger partial charge in [-0.05, 0) is 54.3 Å². The van der Waals surface area contributed by atoms with Gasteiger partial charge in [0.15, 0.2) is 4.67 Å². The zero-order valence-electron chi connectivity index (χ0n) is 12.2. The van der Waals surface area contributed by atoms with Gasteiger partial charge in [0.25, 0.3) is 0 Å². The van der Waals surface area contributed by atoms with Crippen LogP contribution < -0.4 is 5.43 Å². The molecule has 0 radical (unpaired) electrons. The van der Waals surface area contributed by atoms with E-state index in [-0.39, 0.29) is 12.3 Å². The van der Waals surface area contributed by atoms with Crippen molar-refractivity contribution in [1.29, 1.82) is 0 Å². The largest absolute Gasteiger partial charge is 0.447 e. The third kappa shape index (κ3) is 3.96. The molecule has 1 amide bonds. The maximum Gasteiger partial charge on any atom is 0.244 e. The van der Waals surface area contributed by atoms with E-state index in [9.17, 15) is 4.79 Å². The first kappa shape index (κ1) is 17.4. The van der Waals surface area contributed by atoms with Gasteiger partial charge in [-0.1, -0.05) is 46.3 Å². The molecular weight excluding hydrogens is 504 g/mol. The van der Waals surface area contributed by atoms with Crippen LogP contribution in [-0.2, 0) is 11.2 Å². The number of hydrazone groups is 1. The average molecular weight is 515 g/mol. The Morgan fingerprint density at radius 2 is 1.83 bits per heavy atom. The summed E-state index contributed by atoms with van der Waals surface area (Å²) in [5.41, 5.74) is 3.46. The van der Waals surface area contributed by atoms with Gasteiger partial charge in [-0.25, -0.2) is 5.43 Å². The van der Waals surface area contributed by atoms with E-state index in [0.717, 1.165) is 25.3 Å². The molecule has 0 spiro atoms. The highest BCUT2D eigenvalue weighted by molar-refractivity contribution is 9.13. The number of furan rings is 1. The number of carbonyl (C=O) groups is 1. The number of carbonyl (C=O) groups excluding carboxylic acids is 1. The highest BCUT2D eigenvalue weighted by Crippen LogP contribution is 2.27. The van der Waals surface area contributed by atoms with Gasteiger partial charge in [0, 0.05) is 10.5 Å². The molecule has 7 heteroatoms. The van der Waals surface area contributed by atoms with Gasteiger partial charge in [0.1, 0.15) is 5.76 Å². The summed E-state index contributed by atoms with van der Waals surface area (Å²) in [6.45, 7) is 0. The number of fused-ring (bicyclic) bond motifs is 1. The highest BCUT2D eigenvalue weighted by atomic mass is 79.9. The average Bonchev–Trinajstić information content (AvgIpc) is 2.88. The maximum absolute atomic E-state index is 12.1. The number of rotatable bonds is 4. The molecule has 3 aromatic rings. The van der Waals surface area contributed by atoms with E-state index < -0.39 is 0 Å². The standard InChI is InChI=1S/C17H11Br3N2O2/c18-14-6-5-10(12-3-1-2-4-13(12)14)7-16(23)22-21-9-11-8-15(19)17(20)24-11/h1-6,8-9H,7H2,(H,22,23)/b21-9+. The highest BCUT2D eigenvalue weighted by Gasteiger charge is 2.08. The fraction of sp³-hybridized carbons (Fsp3) is 0.0588. The van der Waals surface area contributed by atoms with Gasteiger partial charge in [-0.15, -0.1) is 0 Å². The second-order valence-electron chi connectivity index (χ2n) is 4.99. The Kier molecular flexibility index (Phi) is 5.53. The van der Waals surface area contributed by atoms with Crippen molar-refractivity contribution in [2.75, 3.05) is 0 Å². The number of nitrogens with zero attached hydrogens (tertiary/aromatic N) is 1. The maximum atomic E-state index is 12.1. The molecule has 0 bridgehead atoms. The van der Waals surface area contributed by atoms with Crippen molar-refractivity contribution in [3.05, 3.63) is 67.4 Å². The topological polar surface area (TPSA) is 54.6 Å². The molecule has 0 aliphatic rings. The summed E-state index contributed by atoms with van der Waals surface area (Å²) in [7, 11) is 0. The van der Waals surface area contributed by atoms with E-state index in [2.05, 4.69) is 58.3 Å². The van der Waals surface area contributed by atoms with Crippen LogP contribution >= 0.6 is 47.8 Å². The molecule has 1 aromatic heterocycles. The van der Waals surface area contributed by atoms with E-state index in [1.54, 1.807) is 6.07 Å². The molecule has 3 rings (SSSR count). The summed E-state index contributed by atoms with van der Waals surface area (Å²) < 4.78 is 7.73. The molecule has 1 N–H and O–H groups in total. The number of nitrogens with one attached hydrogen (secondary N) is 1. The predicted octanol–water partition coefficient (Wildman–Crippen LogP) is 5.41. The van der Waals surface area contributed by atoms with Gasteiger partial charge in [-0.2, -0.15) is 5.10 Å². The monoisotopic (exact) mass is 512 g/mol. The van der Waals surface area contributed by atoms with Crippen LogP contribution in [0.2, 0.25) is 0 Å². The molecule has 24 heavy (non-hydrogen) atoms. The minimum absolute atomic E-state index is 0.191. The van der Waals surface area contributed by atoms with Gasteiger partial charge in [0.05, 0.1) is 17.1 Å². The molecule has 1 heterocycles. The van der Waals surface area contributed by atoms with E-state index >= 15 is 0 Å². The van der Waals surface area contributed by atoms with Crippen LogP contribution in [0.15, 0.2) is 65.6 Å². The van der Waals surface area contributed by atoms with Gasteiger partial charge < -0.3 is 4.42 Å². The number of benzene rings is 2. The Labute approximate surface area is 163 Å². The molecule has 0 saturated carbocycles. The second kappa shape index (κ2) is 7.63. The van der Waals surface area contributed by atoms with Crippen molar-refractivity contribution >= 4 is 70.7 Å². The fourth-order valence-corrected chi connectivity index (χ4v) is 3.37. The minimum atomic E-state index is -0.191. The lowest BCUT2D eigenvalue weighted by Gasteiger charge is -2.07. The van der Waals surface area contributed by atoms with Crippen molar-refractivity contribution in [3.63, 3.8) is 0 Å². The molecule has 0 saturated heterocycles. The number of hydrogen-bond acceptors (Lipinski definition) is 3. The SMILES string of the molecule is O=C(Cc1ccc(Br)c2ccccc12)N/N=C/c1cc(Br)c(Br)o1. The number of amides is 1. The molecule has 0 atom stereocenters. The minimum Gasteiger partial charge on any atom is -0.447 e. The van der Waals surface area contributed by atoms with E-state index in [1.807, 2.05) is 36.4 Å². The summed E-state index contributed by atoms with van der Waals surface area (Å²) in [5, 5.41) is 6.05. The van der Waals surface area contributed by atoms with Crippen LogP contribution in [0, 0.1) is 0 Å². The second-order valence-corrected chi connectivity index (χ2v) is 7.42. The van der Waals surface area contributed by atoms with Gasteiger partial charge >= 0.3 is 0 Å². The Morgan fingerprint density at radius 1 is 1.08 bits per heavy atom. The number of halogens is 3. The Balaban J connectivity index is 1.70. The summed E-state index contributed by atoms with van der Waals surface area (Å²) in [6, 6.07) is 13.6. The number of hydrogen-bond donors (Lipinski definition) is 1. The van der Waals surface area contributed by atoms with Crippen LogP contribution in [-0.4, -0.2) is 12.1 Å². The normalized spacial score (nSPS) is 11.3. The van der Waals surface area contributed by atoms with Crippen molar-refractivity contribution in [1.82, 2.24) is 5.43 Å². The van der Waals surface area contributed by atoms with Crippen molar-refractivity contribution in [2.24, 2.45) is 5.10 Å². The fourth-order valence-electron chi connectivity index (χ4n) is 2.29. The van der Waals surface area contributed by atoms with E-state index in [1.165, 1.54) is 6.21 Å². The lowest BCUT2D eigenvalue weighted by atomic mass is 10.0. The summed E-state index contributed by atoms with van der Waals surface area (Å²) in [6.07, 6.45) is 1.70. The van der Waals surface area contributed by atoms with Crippen LogP contribution in [0.5, 0.6) is 0 Å². The molecule has 0 unspecified atom stereocenters. The summed E-state index contributed by atoms with van der Waals surface area (Å²) in [4.78, 5) is 12.1. The lowest BCUT2D eigenvalue weighted by molar-refractivity contribution is -0.120. The zero-order valence-corrected chi connectivity index (χ0v) is 17.0. The van der Waals surface area contributed by atoms with Crippen molar-refractivity contribution in [3.8, 4) is 0 Å². The van der Waals surface area contributed by atoms with Crippen LogP contribution in [0.1, 0.15) is 11.3 Å². The molecule has 122 valence electrons. The zero-order chi connectivity index (χ0) is 17.1.